The fourth-order valence-corrected chi connectivity index (χ4v) is 7.12. The predicted molar refractivity (Wildman–Crippen MR) is 133 cm³/mol. The highest BCUT2D eigenvalue weighted by atomic mass is 35.5. The first-order chi connectivity index (χ1) is 14.8. The van der Waals surface area contributed by atoms with Crippen molar-refractivity contribution in [3.05, 3.63) is 34.4 Å². The molecular weight excluding hydrogens is 424 g/mol. The van der Waals surface area contributed by atoms with Crippen molar-refractivity contribution in [1.29, 1.82) is 0 Å². The summed E-state index contributed by atoms with van der Waals surface area (Å²) < 4.78 is 0. The molecule has 3 aliphatic heterocycles. The predicted octanol–water partition coefficient (Wildman–Crippen LogP) is 4.99. The van der Waals surface area contributed by atoms with Crippen LogP contribution in [0, 0.1) is 0 Å². The zero-order chi connectivity index (χ0) is 21.8. The van der Waals surface area contributed by atoms with Crippen molar-refractivity contribution in [2.24, 2.45) is 0 Å². The number of likely N-dealkylation sites (N-methyl/N-ethyl adjacent to an activating group) is 1. The Kier molecular flexibility index (Phi) is 5.21. The third kappa shape index (κ3) is 3.93. The lowest BCUT2D eigenvalue weighted by atomic mass is 10.0. The van der Waals surface area contributed by atoms with E-state index < -0.39 is 8.07 Å². The summed E-state index contributed by atoms with van der Waals surface area (Å²) in [7, 11) is 1.14. The monoisotopic (exact) mass is 454 g/mol. The Hall–Kier alpha value is -2.12. The van der Waals surface area contributed by atoms with Gasteiger partial charge in [-0.3, -0.25) is 0 Å². The minimum absolute atomic E-state index is 0.319. The van der Waals surface area contributed by atoms with Gasteiger partial charge in [-0.05, 0) is 49.5 Å². The maximum absolute atomic E-state index is 6.10. The van der Waals surface area contributed by atoms with Gasteiger partial charge in [-0.1, -0.05) is 18.7 Å². The van der Waals surface area contributed by atoms with Gasteiger partial charge in [0.25, 0.3) is 0 Å². The fourth-order valence-electron chi connectivity index (χ4n) is 4.97. The zero-order valence-corrected chi connectivity index (χ0v) is 20.7. The SMILES string of the molecule is CC1=Cc2c(cc(N3CC[Si](C)(C)CC3)nc2N2CCCc3nc(Cl)ncc32)N(C)C1. The zero-order valence-electron chi connectivity index (χ0n) is 19.0. The van der Waals surface area contributed by atoms with Crippen LogP contribution in [0.2, 0.25) is 30.5 Å². The Morgan fingerprint density at radius 2 is 1.84 bits per heavy atom. The molecule has 164 valence electrons. The summed E-state index contributed by atoms with van der Waals surface area (Å²) in [5.41, 5.74) is 5.86. The van der Waals surface area contributed by atoms with E-state index >= 15 is 0 Å². The molecule has 3 aliphatic rings. The lowest BCUT2D eigenvalue weighted by Gasteiger charge is -2.39. The van der Waals surface area contributed by atoms with Crippen molar-refractivity contribution in [1.82, 2.24) is 15.0 Å². The molecule has 0 atom stereocenters. The molecule has 8 heteroatoms. The molecule has 31 heavy (non-hydrogen) atoms. The van der Waals surface area contributed by atoms with Gasteiger partial charge in [0.05, 0.1) is 31.3 Å². The van der Waals surface area contributed by atoms with Crippen molar-refractivity contribution < 1.29 is 0 Å². The Morgan fingerprint density at radius 3 is 2.61 bits per heavy atom. The number of hydrogen-bond donors (Lipinski definition) is 0. The molecule has 6 nitrogen and oxygen atoms in total. The van der Waals surface area contributed by atoms with E-state index in [1.165, 1.54) is 28.9 Å². The minimum atomic E-state index is -1.04. The second-order valence-corrected chi connectivity index (χ2v) is 15.6. The first-order valence-electron chi connectivity index (χ1n) is 11.3. The number of fused-ring (bicyclic) bond motifs is 2. The van der Waals surface area contributed by atoms with E-state index in [-0.39, 0.29) is 0 Å². The average Bonchev–Trinajstić information content (AvgIpc) is 2.72. The molecule has 0 bridgehead atoms. The van der Waals surface area contributed by atoms with Crippen LogP contribution < -0.4 is 14.7 Å². The number of pyridine rings is 1. The summed E-state index contributed by atoms with van der Waals surface area (Å²) in [5, 5.41) is 0.319. The van der Waals surface area contributed by atoms with Crippen molar-refractivity contribution in [3.8, 4) is 0 Å². The molecule has 0 radical (unpaired) electrons. The summed E-state index contributed by atoms with van der Waals surface area (Å²) in [6.07, 6.45) is 6.13. The normalized spacial score (nSPS) is 20.3. The molecule has 5 heterocycles. The number of anilines is 4. The highest BCUT2D eigenvalue weighted by Crippen LogP contribution is 2.42. The fraction of sp³-hybridized carbons (Fsp3) is 0.522. The van der Waals surface area contributed by atoms with E-state index in [0.29, 0.717) is 5.28 Å². The van der Waals surface area contributed by atoms with E-state index in [2.05, 4.69) is 63.9 Å². The van der Waals surface area contributed by atoms with Crippen LogP contribution in [0.15, 0.2) is 17.8 Å². The highest BCUT2D eigenvalue weighted by Gasteiger charge is 2.31. The van der Waals surface area contributed by atoms with Gasteiger partial charge in [0.1, 0.15) is 11.6 Å². The molecule has 0 amide bonds. The Labute approximate surface area is 191 Å². The van der Waals surface area contributed by atoms with Crippen molar-refractivity contribution in [2.45, 2.75) is 44.9 Å². The van der Waals surface area contributed by atoms with Gasteiger partial charge < -0.3 is 14.7 Å². The van der Waals surface area contributed by atoms with E-state index in [9.17, 15) is 0 Å². The Bertz CT molecular complexity index is 1040. The highest BCUT2D eigenvalue weighted by molar-refractivity contribution is 6.77. The largest absolute Gasteiger partial charge is 0.370 e. The van der Waals surface area contributed by atoms with Gasteiger partial charge >= 0.3 is 0 Å². The quantitative estimate of drug-likeness (QED) is 0.470. The summed E-state index contributed by atoms with van der Waals surface area (Å²) in [5.74, 6) is 2.12. The van der Waals surface area contributed by atoms with Gasteiger partial charge in [-0.2, -0.15) is 0 Å². The van der Waals surface area contributed by atoms with Crippen LogP contribution in [0.4, 0.5) is 23.0 Å². The molecule has 2 aromatic heterocycles. The number of halogens is 1. The van der Waals surface area contributed by atoms with E-state index in [1.54, 1.807) is 0 Å². The third-order valence-corrected chi connectivity index (χ3v) is 10.2. The molecule has 0 unspecified atom stereocenters. The molecule has 0 spiro atoms. The van der Waals surface area contributed by atoms with Crippen LogP contribution in [-0.4, -0.2) is 56.3 Å². The van der Waals surface area contributed by atoms with Crippen LogP contribution in [-0.2, 0) is 6.42 Å². The van der Waals surface area contributed by atoms with Gasteiger partial charge in [0.15, 0.2) is 0 Å². The molecule has 0 aliphatic carbocycles. The maximum atomic E-state index is 6.10. The smallest absolute Gasteiger partial charge is 0.222 e. The van der Waals surface area contributed by atoms with E-state index in [1.807, 2.05) is 6.20 Å². The molecule has 0 saturated carbocycles. The average molecular weight is 455 g/mol. The van der Waals surface area contributed by atoms with Gasteiger partial charge in [-0.25, -0.2) is 15.0 Å². The summed E-state index contributed by atoms with van der Waals surface area (Å²) in [4.78, 5) is 21.2. The number of rotatable bonds is 2. The van der Waals surface area contributed by atoms with Crippen LogP contribution in [0.5, 0.6) is 0 Å². The molecule has 0 aromatic carbocycles. The molecule has 5 rings (SSSR count). The molecule has 1 saturated heterocycles. The van der Waals surface area contributed by atoms with Crippen molar-refractivity contribution in [3.63, 3.8) is 0 Å². The second kappa shape index (κ2) is 7.78. The first kappa shape index (κ1) is 20.8. The van der Waals surface area contributed by atoms with Gasteiger partial charge in [0, 0.05) is 44.9 Å². The number of hydrogen-bond acceptors (Lipinski definition) is 6. The Morgan fingerprint density at radius 1 is 1.06 bits per heavy atom. The van der Waals surface area contributed by atoms with Crippen molar-refractivity contribution in [2.75, 3.05) is 47.9 Å². The van der Waals surface area contributed by atoms with Crippen LogP contribution in [0.25, 0.3) is 6.08 Å². The first-order valence-corrected chi connectivity index (χ1v) is 15.1. The van der Waals surface area contributed by atoms with Crippen LogP contribution in [0.3, 0.4) is 0 Å². The second-order valence-electron chi connectivity index (χ2n) is 9.96. The molecular formula is C23H31ClN6Si. The van der Waals surface area contributed by atoms with Gasteiger partial charge in [0.2, 0.25) is 5.28 Å². The van der Waals surface area contributed by atoms with Crippen molar-refractivity contribution >= 4 is 48.8 Å². The molecule has 0 N–H and O–H groups in total. The number of aryl methyl sites for hydroxylation is 1. The topological polar surface area (TPSA) is 48.4 Å². The minimum Gasteiger partial charge on any atom is -0.370 e. The number of nitrogens with zero attached hydrogens (tertiary/aromatic N) is 6. The third-order valence-electron chi connectivity index (χ3n) is 6.89. The lowest BCUT2D eigenvalue weighted by Crippen LogP contribution is -2.43. The lowest BCUT2D eigenvalue weighted by molar-refractivity contribution is 0.729. The maximum Gasteiger partial charge on any atom is 0.222 e. The molecule has 2 aromatic rings. The van der Waals surface area contributed by atoms with Gasteiger partial charge in [-0.15, -0.1) is 0 Å². The summed E-state index contributed by atoms with van der Waals surface area (Å²) >= 11 is 6.10. The van der Waals surface area contributed by atoms with E-state index in [0.717, 1.165) is 62.0 Å². The summed E-state index contributed by atoms with van der Waals surface area (Å²) in [6.45, 7) is 11.3. The summed E-state index contributed by atoms with van der Waals surface area (Å²) in [6, 6.07) is 4.95. The molecule has 1 fully saturated rings. The van der Waals surface area contributed by atoms with Crippen LogP contribution in [0.1, 0.15) is 24.6 Å². The standard InChI is InChI=1S/C23H31ClN6Si/c1-16-12-17-19(28(2)15-16)13-21(29-8-10-31(3,4)11-9-29)27-22(17)30-7-5-6-18-20(30)14-25-23(24)26-18/h12-14H,5-11,15H2,1-4H3. The number of aromatic nitrogens is 3. The van der Waals surface area contributed by atoms with E-state index in [4.69, 9.17) is 16.6 Å². The Balaban J connectivity index is 1.63. The van der Waals surface area contributed by atoms with Crippen LogP contribution >= 0.6 is 11.6 Å².